The fourth-order valence-corrected chi connectivity index (χ4v) is 1.77. The van der Waals surface area contributed by atoms with E-state index in [-0.39, 0.29) is 0 Å². The molecule has 15 heavy (non-hydrogen) atoms. The number of rotatable bonds is 6. The SMILES string of the molecule is CCCCNC(CC)c1ccc(Cl)cc1. The highest BCUT2D eigenvalue weighted by atomic mass is 35.5. The van der Waals surface area contributed by atoms with Gasteiger partial charge in [0.05, 0.1) is 0 Å². The van der Waals surface area contributed by atoms with Crippen LogP contribution in [0.5, 0.6) is 0 Å². The molecule has 0 amide bonds. The summed E-state index contributed by atoms with van der Waals surface area (Å²) in [6, 6.07) is 8.60. The maximum atomic E-state index is 5.87. The third-order valence-corrected chi connectivity index (χ3v) is 2.85. The summed E-state index contributed by atoms with van der Waals surface area (Å²) >= 11 is 5.87. The highest BCUT2D eigenvalue weighted by Gasteiger charge is 2.07. The van der Waals surface area contributed by atoms with Crippen LogP contribution >= 0.6 is 11.6 Å². The summed E-state index contributed by atoms with van der Waals surface area (Å²) in [5, 5.41) is 4.37. The first kappa shape index (κ1) is 12.5. The topological polar surface area (TPSA) is 12.0 Å². The summed E-state index contributed by atoms with van der Waals surface area (Å²) in [7, 11) is 0. The molecule has 1 aromatic rings. The van der Waals surface area contributed by atoms with Gasteiger partial charge in [-0.3, -0.25) is 0 Å². The Labute approximate surface area is 97.8 Å². The second kappa shape index (κ2) is 6.86. The largest absolute Gasteiger partial charge is 0.310 e. The van der Waals surface area contributed by atoms with Crippen molar-refractivity contribution in [1.29, 1.82) is 0 Å². The van der Waals surface area contributed by atoms with Gasteiger partial charge in [-0.15, -0.1) is 0 Å². The predicted octanol–water partition coefficient (Wildman–Crippen LogP) is 4.18. The van der Waals surface area contributed by atoms with Gasteiger partial charge in [-0.05, 0) is 37.1 Å². The summed E-state index contributed by atoms with van der Waals surface area (Å²) in [6.45, 7) is 5.51. The van der Waals surface area contributed by atoms with E-state index in [1.54, 1.807) is 0 Å². The number of hydrogen-bond donors (Lipinski definition) is 1. The summed E-state index contributed by atoms with van der Waals surface area (Å²) in [4.78, 5) is 0. The van der Waals surface area contributed by atoms with Gasteiger partial charge in [0.2, 0.25) is 0 Å². The minimum Gasteiger partial charge on any atom is -0.310 e. The standard InChI is InChI=1S/C13H20ClN/c1-3-5-10-15-13(4-2)11-6-8-12(14)9-7-11/h6-9,13,15H,3-5,10H2,1-2H3. The van der Waals surface area contributed by atoms with Gasteiger partial charge >= 0.3 is 0 Å². The van der Waals surface area contributed by atoms with Crippen molar-refractivity contribution in [3.63, 3.8) is 0 Å². The average molecular weight is 226 g/mol. The minimum atomic E-state index is 0.466. The molecule has 1 unspecified atom stereocenters. The van der Waals surface area contributed by atoms with Gasteiger partial charge in [-0.1, -0.05) is 44.0 Å². The van der Waals surface area contributed by atoms with E-state index in [9.17, 15) is 0 Å². The van der Waals surface area contributed by atoms with Crippen molar-refractivity contribution < 1.29 is 0 Å². The van der Waals surface area contributed by atoms with E-state index in [2.05, 4.69) is 31.3 Å². The van der Waals surface area contributed by atoms with Gasteiger partial charge in [0.25, 0.3) is 0 Å². The lowest BCUT2D eigenvalue weighted by Crippen LogP contribution is -2.21. The summed E-state index contributed by atoms with van der Waals surface area (Å²) in [6.07, 6.45) is 3.60. The van der Waals surface area contributed by atoms with E-state index >= 15 is 0 Å². The van der Waals surface area contributed by atoms with Gasteiger partial charge in [0.1, 0.15) is 0 Å². The summed E-state index contributed by atoms with van der Waals surface area (Å²) in [5.74, 6) is 0. The third-order valence-electron chi connectivity index (χ3n) is 2.60. The van der Waals surface area contributed by atoms with Crippen LogP contribution in [0.25, 0.3) is 0 Å². The van der Waals surface area contributed by atoms with Gasteiger partial charge in [-0.25, -0.2) is 0 Å². The second-order valence-electron chi connectivity index (χ2n) is 3.82. The molecule has 1 nitrogen and oxygen atoms in total. The molecule has 84 valence electrons. The number of hydrogen-bond acceptors (Lipinski definition) is 1. The Kier molecular flexibility index (Phi) is 5.74. The van der Waals surface area contributed by atoms with Crippen LogP contribution in [0.4, 0.5) is 0 Å². The van der Waals surface area contributed by atoms with Crippen molar-refractivity contribution in [3.8, 4) is 0 Å². The van der Waals surface area contributed by atoms with E-state index in [1.807, 2.05) is 12.1 Å². The number of halogens is 1. The van der Waals surface area contributed by atoms with Crippen molar-refractivity contribution in [3.05, 3.63) is 34.9 Å². The Hall–Kier alpha value is -0.530. The normalized spacial score (nSPS) is 12.7. The molecule has 1 rings (SSSR count). The lowest BCUT2D eigenvalue weighted by Gasteiger charge is -2.17. The minimum absolute atomic E-state index is 0.466. The molecular formula is C13H20ClN. The van der Waals surface area contributed by atoms with Gasteiger partial charge in [0.15, 0.2) is 0 Å². The van der Waals surface area contributed by atoms with Crippen LogP contribution in [0.2, 0.25) is 5.02 Å². The number of unbranched alkanes of at least 4 members (excludes halogenated alkanes) is 1. The smallest absolute Gasteiger partial charge is 0.0406 e. The van der Waals surface area contributed by atoms with E-state index in [0.29, 0.717) is 6.04 Å². The lowest BCUT2D eigenvalue weighted by molar-refractivity contribution is 0.508. The molecule has 0 heterocycles. The zero-order chi connectivity index (χ0) is 11.1. The quantitative estimate of drug-likeness (QED) is 0.717. The molecule has 1 atom stereocenters. The fourth-order valence-electron chi connectivity index (χ4n) is 1.65. The highest BCUT2D eigenvalue weighted by Crippen LogP contribution is 2.18. The molecule has 0 aliphatic carbocycles. The average Bonchev–Trinajstić information content (AvgIpc) is 2.26. The molecule has 0 fully saturated rings. The van der Waals surface area contributed by atoms with E-state index < -0.39 is 0 Å². The number of nitrogens with one attached hydrogen (secondary N) is 1. The molecule has 0 aliphatic heterocycles. The van der Waals surface area contributed by atoms with Crippen LogP contribution in [0.3, 0.4) is 0 Å². The first-order chi connectivity index (χ1) is 7.27. The van der Waals surface area contributed by atoms with E-state index in [1.165, 1.54) is 18.4 Å². The van der Waals surface area contributed by atoms with Crippen LogP contribution in [-0.4, -0.2) is 6.54 Å². The molecule has 2 heteroatoms. The molecule has 1 aromatic carbocycles. The van der Waals surface area contributed by atoms with Crippen LogP contribution in [-0.2, 0) is 0 Å². The first-order valence-electron chi connectivity index (χ1n) is 5.76. The molecule has 0 saturated heterocycles. The Balaban J connectivity index is 2.53. The summed E-state index contributed by atoms with van der Waals surface area (Å²) in [5.41, 5.74) is 1.33. The van der Waals surface area contributed by atoms with Gasteiger partial charge < -0.3 is 5.32 Å². The molecular weight excluding hydrogens is 206 g/mol. The van der Waals surface area contributed by atoms with Crippen molar-refractivity contribution in [1.82, 2.24) is 5.32 Å². The van der Waals surface area contributed by atoms with Crippen molar-refractivity contribution >= 4 is 11.6 Å². The zero-order valence-corrected chi connectivity index (χ0v) is 10.3. The van der Waals surface area contributed by atoms with Crippen molar-refractivity contribution in [2.24, 2.45) is 0 Å². The monoisotopic (exact) mass is 225 g/mol. The lowest BCUT2D eigenvalue weighted by atomic mass is 10.0. The maximum Gasteiger partial charge on any atom is 0.0406 e. The van der Waals surface area contributed by atoms with Crippen molar-refractivity contribution in [2.75, 3.05) is 6.54 Å². The van der Waals surface area contributed by atoms with Crippen LogP contribution in [0.15, 0.2) is 24.3 Å². The van der Waals surface area contributed by atoms with E-state index in [0.717, 1.165) is 18.0 Å². The van der Waals surface area contributed by atoms with Crippen molar-refractivity contribution in [2.45, 2.75) is 39.2 Å². The Morgan fingerprint density at radius 2 is 1.87 bits per heavy atom. The van der Waals surface area contributed by atoms with Crippen LogP contribution < -0.4 is 5.32 Å². The third kappa shape index (κ3) is 4.23. The molecule has 1 N–H and O–H groups in total. The van der Waals surface area contributed by atoms with E-state index in [4.69, 9.17) is 11.6 Å². The molecule has 0 radical (unpaired) electrons. The first-order valence-corrected chi connectivity index (χ1v) is 6.14. The summed E-state index contributed by atoms with van der Waals surface area (Å²) < 4.78 is 0. The Morgan fingerprint density at radius 3 is 2.40 bits per heavy atom. The Morgan fingerprint density at radius 1 is 1.20 bits per heavy atom. The second-order valence-corrected chi connectivity index (χ2v) is 4.26. The predicted molar refractivity (Wildman–Crippen MR) is 67.4 cm³/mol. The highest BCUT2D eigenvalue weighted by molar-refractivity contribution is 6.30. The Bertz CT molecular complexity index is 268. The van der Waals surface area contributed by atoms with Crippen LogP contribution in [0, 0.1) is 0 Å². The molecule has 0 spiro atoms. The number of benzene rings is 1. The fraction of sp³-hybridized carbons (Fsp3) is 0.538. The molecule has 0 aromatic heterocycles. The zero-order valence-electron chi connectivity index (χ0n) is 9.59. The van der Waals surface area contributed by atoms with Gasteiger partial charge in [-0.2, -0.15) is 0 Å². The molecule has 0 bridgehead atoms. The maximum absolute atomic E-state index is 5.87. The molecule has 0 saturated carbocycles. The van der Waals surface area contributed by atoms with Gasteiger partial charge in [0, 0.05) is 11.1 Å². The molecule has 0 aliphatic rings. The van der Waals surface area contributed by atoms with Crippen LogP contribution in [0.1, 0.15) is 44.7 Å².